The summed E-state index contributed by atoms with van der Waals surface area (Å²) in [6.07, 6.45) is 0.257. The molecule has 0 bridgehead atoms. The van der Waals surface area contributed by atoms with E-state index in [2.05, 4.69) is 4.72 Å². The first-order valence-electron chi connectivity index (χ1n) is 4.47. The maximum absolute atomic E-state index is 11.4. The van der Waals surface area contributed by atoms with Crippen molar-refractivity contribution < 1.29 is 13.2 Å². The first-order valence-corrected chi connectivity index (χ1v) is 5.96. The fourth-order valence-electron chi connectivity index (χ4n) is 1.23. The standard InChI is InChI=1S/C10H13NO3S/c1-8(12)6-9-4-3-5-10(7-9)15(13,14)11-2/h3-5,7,11H,6H2,1-2H3. The van der Waals surface area contributed by atoms with Crippen molar-refractivity contribution in [3.63, 3.8) is 0 Å². The molecule has 0 atom stereocenters. The van der Waals surface area contributed by atoms with Crippen molar-refractivity contribution in [1.29, 1.82) is 0 Å². The number of benzene rings is 1. The van der Waals surface area contributed by atoms with Crippen LogP contribution in [-0.2, 0) is 21.2 Å². The van der Waals surface area contributed by atoms with Crippen molar-refractivity contribution in [2.45, 2.75) is 18.2 Å². The second-order valence-corrected chi connectivity index (χ2v) is 5.12. The van der Waals surface area contributed by atoms with Crippen LogP contribution in [0.2, 0.25) is 0 Å². The van der Waals surface area contributed by atoms with E-state index in [1.807, 2.05) is 0 Å². The van der Waals surface area contributed by atoms with Crippen LogP contribution in [0, 0.1) is 0 Å². The van der Waals surface area contributed by atoms with Gasteiger partial charge in [-0.25, -0.2) is 13.1 Å². The lowest BCUT2D eigenvalue weighted by Gasteiger charge is -2.04. The van der Waals surface area contributed by atoms with E-state index in [1.54, 1.807) is 12.1 Å². The molecule has 1 aromatic rings. The molecular weight excluding hydrogens is 214 g/mol. The monoisotopic (exact) mass is 227 g/mol. The third kappa shape index (κ3) is 3.14. The summed E-state index contributed by atoms with van der Waals surface area (Å²) >= 11 is 0. The smallest absolute Gasteiger partial charge is 0.240 e. The van der Waals surface area contributed by atoms with E-state index >= 15 is 0 Å². The number of hydrogen-bond acceptors (Lipinski definition) is 3. The molecule has 0 amide bonds. The molecule has 0 heterocycles. The van der Waals surface area contributed by atoms with Gasteiger partial charge in [-0.2, -0.15) is 0 Å². The van der Waals surface area contributed by atoms with Crippen LogP contribution in [-0.4, -0.2) is 21.2 Å². The topological polar surface area (TPSA) is 63.2 Å². The molecule has 0 unspecified atom stereocenters. The maximum atomic E-state index is 11.4. The van der Waals surface area contributed by atoms with Crippen LogP contribution in [0.4, 0.5) is 0 Å². The summed E-state index contributed by atoms with van der Waals surface area (Å²) in [6.45, 7) is 1.47. The van der Waals surface area contributed by atoms with Crippen LogP contribution in [0.3, 0.4) is 0 Å². The molecule has 0 aliphatic heterocycles. The van der Waals surface area contributed by atoms with Crippen LogP contribution in [0.25, 0.3) is 0 Å². The van der Waals surface area contributed by atoms with Crippen LogP contribution < -0.4 is 4.72 Å². The molecule has 15 heavy (non-hydrogen) atoms. The summed E-state index contributed by atoms with van der Waals surface area (Å²) in [5.41, 5.74) is 0.707. The molecule has 0 saturated carbocycles. The predicted octanol–water partition coefficient (Wildman–Crippen LogP) is 0.726. The van der Waals surface area contributed by atoms with E-state index in [-0.39, 0.29) is 17.1 Å². The second kappa shape index (κ2) is 4.55. The lowest BCUT2D eigenvalue weighted by atomic mass is 10.1. The van der Waals surface area contributed by atoms with Crippen molar-refractivity contribution in [1.82, 2.24) is 4.72 Å². The molecule has 1 N–H and O–H groups in total. The summed E-state index contributed by atoms with van der Waals surface area (Å²) in [4.78, 5) is 11.1. The van der Waals surface area contributed by atoms with Crippen molar-refractivity contribution in [3.05, 3.63) is 29.8 Å². The average molecular weight is 227 g/mol. The van der Waals surface area contributed by atoms with Crippen molar-refractivity contribution in [2.24, 2.45) is 0 Å². The van der Waals surface area contributed by atoms with Gasteiger partial charge in [-0.3, -0.25) is 4.79 Å². The summed E-state index contributed by atoms with van der Waals surface area (Å²) in [6, 6.07) is 6.36. The van der Waals surface area contributed by atoms with E-state index in [0.717, 1.165) is 0 Å². The van der Waals surface area contributed by atoms with E-state index in [9.17, 15) is 13.2 Å². The number of ketones is 1. The van der Waals surface area contributed by atoms with Gasteiger partial charge < -0.3 is 0 Å². The van der Waals surface area contributed by atoms with Crippen molar-refractivity contribution >= 4 is 15.8 Å². The van der Waals surface area contributed by atoms with E-state index in [1.165, 1.54) is 26.1 Å². The molecule has 0 aliphatic carbocycles. The quantitative estimate of drug-likeness (QED) is 0.824. The molecule has 4 nitrogen and oxygen atoms in total. The van der Waals surface area contributed by atoms with Gasteiger partial charge in [0.15, 0.2) is 0 Å². The minimum Gasteiger partial charge on any atom is -0.300 e. The van der Waals surface area contributed by atoms with Gasteiger partial charge in [0.1, 0.15) is 5.78 Å². The van der Waals surface area contributed by atoms with Gasteiger partial charge in [0.05, 0.1) is 4.90 Å². The summed E-state index contributed by atoms with van der Waals surface area (Å²) in [7, 11) is -2.06. The number of rotatable bonds is 4. The Morgan fingerprint density at radius 2 is 2.07 bits per heavy atom. The zero-order valence-electron chi connectivity index (χ0n) is 8.65. The highest BCUT2D eigenvalue weighted by Crippen LogP contribution is 2.11. The van der Waals surface area contributed by atoms with Gasteiger partial charge in [-0.1, -0.05) is 12.1 Å². The highest BCUT2D eigenvalue weighted by atomic mass is 32.2. The lowest BCUT2D eigenvalue weighted by molar-refractivity contribution is -0.116. The number of Topliss-reactive ketones (excluding diaryl/α,β-unsaturated/α-hetero) is 1. The number of carbonyl (C=O) groups is 1. The Bertz CT molecular complexity index is 465. The predicted molar refractivity (Wildman–Crippen MR) is 57.1 cm³/mol. The average Bonchev–Trinajstić information content (AvgIpc) is 2.17. The van der Waals surface area contributed by atoms with Crippen LogP contribution in [0.15, 0.2) is 29.2 Å². The van der Waals surface area contributed by atoms with Crippen LogP contribution in [0.1, 0.15) is 12.5 Å². The normalized spacial score (nSPS) is 11.3. The van der Waals surface area contributed by atoms with Gasteiger partial charge in [0.2, 0.25) is 10.0 Å². The fraction of sp³-hybridized carbons (Fsp3) is 0.300. The number of nitrogens with one attached hydrogen (secondary N) is 1. The molecule has 0 spiro atoms. The Kier molecular flexibility index (Phi) is 3.60. The molecule has 0 fully saturated rings. The Balaban J connectivity index is 3.08. The summed E-state index contributed by atoms with van der Waals surface area (Å²) < 4.78 is 25.1. The van der Waals surface area contributed by atoms with Crippen molar-refractivity contribution in [3.8, 4) is 0 Å². The minimum atomic E-state index is -3.42. The Morgan fingerprint density at radius 3 is 2.60 bits per heavy atom. The van der Waals surface area contributed by atoms with E-state index in [0.29, 0.717) is 5.56 Å². The zero-order chi connectivity index (χ0) is 11.5. The highest BCUT2D eigenvalue weighted by molar-refractivity contribution is 7.89. The molecule has 5 heteroatoms. The molecule has 1 aromatic carbocycles. The van der Waals surface area contributed by atoms with Gasteiger partial charge in [-0.15, -0.1) is 0 Å². The van der Waals surface area contributed by atoms with E-state index < -0.39 is 10.0 Å². The lowest BCUT2D eigenvalue weighted by Crippen LogP contribution is -2.18. The highest BCUT2D eigenvalue weighted by Gasteiger charge is 2.11. The first kappa shape index (κ1) is 11.9. The van der Waals surface area contributed by atoms with Crippen LogP contribution in [0.5, 0.6) is 0 Å². The fourth-order valence-corrected chi connectivity index (χ4v) is 2.03. The SMILES string of the molecule is CNS(=O)(=O)c1cccc(CC(C)=O)c1. The molecule has 82 valence electrons. The second-order valence-electron chi connectivity index (χ2n) is 3.23. The van der Waals surface area contributed by atoms with Crippen molar-refractivity contribution in [2.75, 3.05) is 7.05 Å². The molecule has 0 aliphatic rings. The summed E-state index contributed by atoms with van der Waals surface area (Å²) in [5, 5.41) is 0. The third-order valence-corrected chi connectivity index (χ3v) is 3.34. The van der Waals surface area contributed by atoms with E-state index in [4.69, 9.17) is 0 Å². The maximum Gasteiger partial charge on any atom is 0.240 e. The number of sulfonamides is 1. The summed E-state index contributed by atoms with van der Waals surface area (Å²) in [5.74, 6) is 0.00834. The minimum absolute atomic E-state index is 0.00834. The van der Waals surface area contributed by atoms with Gasteiger partial charge in [-0.05, 0) is 31.7 Å². The molecule has 0 radical (unpaired) electrons. The zero-order valence-corrected chi connectivity index (χ0v) is 9.47. The Labute approximate surface area is 89.4 Å². The third-order valence-electron chi connectivity index (χ3n) is 1.93. The molecular formula is C10H13NO3S. The Hall–Kier alpha value is -1.20. The van der Waals surface area contributed by atoms with Gasteiger partial charge >= 0.3 is 0 Å². The van der Waals surface area contributed by atoms with Gasteiger partial charge in [0.25, 0.3) is 0 Å². The molecule has 0 aromatic heterocycles. The molecule has 0 saturated heterocycles. The number of hydrogen-bond donors (Lipinski definition) is 1. The number of carbonyl (C=O) groups excluding carboxylic acids is 1. The first-order chi connectivity index (χ1) is 6.95. The largest absolute Gasteiger partial charge is 0.300 e. The van der Waals surface area contributed by atoms with Gasteiger partial charge in [0, 0.05) is 6.42 Å². The molecule has 1 rings (SSSR count). The Morgan fingerprint density at radius 1 is 1.40 bits per heavy atom. The van der Waals surface area contributed by atoms with Crippen LogP contribution >= 0.6 is 0 Å².